The monoisotopic (exact) mass is 294 g/mol. The summed E-state index contributed by atoms with van der Waals surface area (Å²) in [5.74, 6) is 0. The average molecular weight is 295 g/mol. The fourth-order valence-electron chi connectivity index (χ4n) is 1.88. The van der Waals surface area contributed by atoms with Crippen LogP contribution >= 0.6 is 15.9 Å². The summed E-state index contributed by atoms with van der Waals surface area (Å²) in [5, 5.41) is 7.54. The summed E-state index contributed by atoms with van der Waals surface area (Å²) < 4.78 is 2.91. The van der Waals surface area contributed by atoms with E-state index in [4.69, 9.17) is 0 Å². The molecule has 0 amide bonds. The van der Waals surface area contributed by atoms with Crippen molar-refractivity contribution in [1.29, 1.82) is 0 Å². The van der Waals surface area contributed by atoms with Crippen molar-refractivity contribution in [3.05, 3.63) is 46.5 Å². The third-order valence-electron chi connectivity index (χ3n) is 2.76. The zero-order valence-corrected chi connectivity index (χ0v) is 11.5. The van der Waals surface area contributed by atoms with E-state index in [9.17, 15) is 0 Å². The van der Waals surface area contributed by atoms with Gasteiger partial charge in [-0.1, -0.05) is 6.07 Å². The number of nitrogens with zero attached hydrogens (tertiary/aromatic N) is 3. The molecule has 0 spiro atoms. The highest BCUT2D eigenvalue weighted by Gasteiger charge is 2.17. The van der Waals surface area contributed by atoms with Gasteiger partial charge < -0.3 is 5.32 Å². The van der Waals surface area contributed by atoms with Crippen LogP contribution in [-0.2, 0) is 13.5 Å². The number of hydrogen-bond donors (Lipinski definition) is 1. The standard InChI is InChI=1S/C12H15BrN4/c1-14-11(7-9-5-3-4-6-15-9)12-10(13)8-16-17(12)2/h3-6,8,11,14H,7H2,1-2H3. The van der Waals surface area contributed by atoms with Crippen molar-refractivity contribution in [1.82, 2.24) is 20.1 Å². The summed E-state index contributed by atoms with van der Waals surface area (Å²) in [6.07, 6.45) is 4.48. The molecule has 2 rings (SSSR count). The van der Waals surface area contributed by atoms with Crippen LogP contribution in [0, 0.1) is 0 Å². The van der Waals surface area contributed by atoms with Crippen molar-refractivity contribution in [2.45, 2.75) is 12.5 Å². The van der Waals surface area contributed by atoms with Gasteiger partial charge >= 0.3 is 0 Å². The number of rotatable bonds is 4. The van der Waals surface area contributed by atoms with Crippen molar-refractivity contribution in [3.8, 4) is 0 Å². The molecule has 17 heavy (non-hydrogen) atoms. The Morgan fingerprint density at radius 2 is 2.29 bits per heavy atom. The van der Waals surface area contributed by atoms with Gasteiger partial charge in [0.15, 0.2) is 0 Å². The van der Waals surface area contributed by atoms with E-state index in [1.807, 2.05) is 49.4 Å². The van der Waals surface area contributed by atoms with E-state index in [1.165, 1.54) is 0 Å². The summed E-state index contributed by atoms with van der Waals surface area (Å²) in [7, 11) is 3.90. The average Bonchev–Trinajstić information content (AvgIpc) is 2.68. The molecule has 1 atom stereocenters. The van der Waals surface area contributed by atoms with Crippen molar-refractivity contribution in [2.75, 3.05) is 7.05 Å². The van der Waals surface area contributed by atoms with Gasteiger partial charge in [-0.05, 0) is 35.1 Å². The fraction of sp³-hybridized carbons (Fsp3) is 0.333. The lowest BCUT2D eigenvalue weighted by Crippen LogP contribution is -2.22. The molecule has 1 unspecified atom stereocenters. The van der Waals surface area contributed by atoms with Gasteiger partial charge in [0.05, 0.1) is 22.4 Å². The highest BCUT2D eigenvalue weighted by molar-refractivity contribution is 9.10. The molecular weight excluding hydrogens is 280 g/mol. The Kier molecular flexibility index (Phi) is 3.91. The van der Waals surface area contributed by atoms with Crippen LogP contribution in [0.3, 0.4) is 0 Å². The minimum absolute atomic E-state index is 0.201. The van der Waals surface area contributed by atoms with Crippen molar-refractivity contribution in [3.63, 3.8) is 0 Å². The Morgan fingerprint density at radius 3 is 2.82 bits per heavy atom. The van der Waals surface area contributed by atoms with E-state index >= 15 is 0 Å². The van der Waals surface area contributed by atoms with Crippen molar-refractivity contribution < 1.29 is 0 Å². The summed E-state index contributed by atoms with van der Waals surface area (Å²) in [6.45, 7) is 0. The molecule has 5 heteroatoms. The van der Waals surface area contributed by atoms with Crippen LogP contribution in [0.25, 0.3) is 0 Å². The smallest absolute Gasteiger partial charge is 0.0696 e. The predicted molar refractivity (Wildman–Crippen MR) is 70.6 cm³/mol. The molecule has 1 N–H and O–H groups in total. The number of aryl methyl sites for hydroxylation is 1. The van der Waals surface area contributed by atoms with Gasteiger partial charge in [-0.3, -0.25) is 9.67 Å². The first-order chi connectivity index (χ1) is 8.22. The minimum Gasteiger partial charge on any atom is -0.311 e. The molecule has 0 bridgehead atoms. The molecule has 0 saturated carbocycles. The second kappa shape index (κ2) is 5.42. The molecule has 0 fully saturated rings. The maximum absolute atomic E-state index is 4.35. The summed E-state index contributed by atoms with van der Waals surface area (Å²) in [6, 6.07) is 6.17. The number of hydrogen-bond acceptors (Lipinski definition) is 3. The Hall–Kier alpha value is -1.20. The third kappa shape index (κ3) is 2.73. The Labute approximate surface area is 109 Å². The van der Waals surface area contributed by atoms with Gasteiger partial charge in [0, 0.05) is 25.4 Å². The first-order valence-electron chi connectivity index (χ1n) is 5.47. The molecule has 4 nitrogen and oxygen atoms in total. The lowest BCUT2D eigenvalue weighted by atomic mass is 10.1. The normalized spacial score (nSPS) is 12.6. The van der Waals surface area contributed by atoms with Crippen LogP contribution in [0.15, 0.2) is 35.1 Å². The molecule has 0 radical (unpaired) electrons. The fourth-order valence-corrected chi connectivity index (χ4v) is 2.50. The van der Waals surface area contributed by atoms with E-state index in [1.54, 1.807) is 0 Å². The first-order valence-corrected chi connectivity index (χ1v) is 6.26. The maximum atomic E-state index is 4.35. The number of halogens is 1. The van der Waals surface area contributed by atoms with E-state index in [-0.39, 0.29) is 6.04 Å². The lowest BCUT2D eigenvalue weighted by Gasteiger charge is -2.16. The van der Waals surface area contributed by atoms with E-state index in [0.29, 0.717) is 0 Å². The number of likely N-dealkylation sites (N-methyl/N-ethyl adjacent to an activating group) is 1. The quantitative estimate of drug-likeness (QED) is 0.939. The second-order valence-electron chi connectivity index (χ2n) is 3.87. The number of aromatic nitrogens is 3. The summed E-state index contributed by atoms with van der Waals surface area (Å²) >= 11 is 3.53. The van der Waals surface area contributed by atoms with Crippen LogP contribution in [0.1, 0.15) is 17.4 Å². The van der Waals surface area contributed by atoms with Gasteiger partial charge in [-0.15, -0.1) is 0 Å². The predicted octanol–water partition coefficient (Wildman–Crippen LogP) is 2.08. The van der Waals surface area contributed by atoms with Crippen LogP contribution in [-0.4, -0.2) is 21.8 Å². The van der Waals surface area contributed by atoms with Gasteiger partial charge in [-0.25, -0.2) is 0 Å². The zero-order chi connectivity index (χ0) is 12.3. The Morgan fingerprint density at radius 1 is 1.47 bits per heavy atom. The van der Waals surface area contributed by atoms with Crippen LogP contribution in [0.5, 0.6) is 0 Å². The molecule has 0 aromatic carbocycles. The van der Waals surface area contributed by atoms with E-state index in [0.717, 1.165) is 22.3 Å². The van der Waals surface area contributed by atoms with Crippen LogP contribution in [0.2, 0.25) is 0 Å². The topological polar surface area (TPSA) is 42.7 Å². The third-order valence-corrected chi connectivity index (χ3v) is 3.37. The molecule has 0 aliphatic heterocycles. The minimum atomic E-state index is 0.201. The highest BCUT2D eigenvalue weighted by atomic mass is 79.9. The Balaban J connectivity index is 2.23. The van der Waals surface area contributed by atoms with Gasteiger partial charge in [0.25, 0.3) is 0 Å². The molecule has 2 aromatic heterocycles. The molecule has 2 aromatic rings. The molecule has 0 aliphatic carbocycles. The van der Waals surface area contributed by atoms with E-state index < -0.39 is 0 Å². The summed E-state index contributed by atoms with van der Waals surface area (Å²) in [4.78, 5) is 4.35. The van der Waals surface area contributed by atoms with Gasteiger partial charge in [0.1, 0.15) is 0 Å². The van der Waals surface area contributed by atoms with Crippen molar-refractivity contribution in [2.24, 2.45) is 7.05 Å². The maximum Gasteiger partial charge on any atom is 0.0696 e. The number of pyridine rings is 1. The second-order valence-corrected chi connectivity index (χ2v) is 4.72. The van der Waals surface area contributed by atoms with E-state index in [2.05, 4.69) is 31.3 Å². The lowest BCUT2D eigenvalue weighted by molar-refractivity contribution is 0.530. The molecule has 2 heterocycles. The van der Waals surface area contributed by atoms with Crippen molar-refractivity contribution >= 4 is 15.9 Å². The zero-order valence-electron chi connectivity index (χ0n) is 9.89. The summed E-state index contributed by atoms with van der Waals surface area (Å²) in [5.41, 5.74) is 2.21. The van der Waals surface area contributed by atoms with Crippen LogP contribution in [0.4, 0.5) is 0 Å². The largest absolute Gasteiger partial charge is 0.311 e. The van der Waals surface area contributed by atoms with Gasteiger partial charge in [-0.2, -0.15) is 5.10 Å². The molecule has 90 valence electrons. The first kappa shape index (κ1) is 12.3. The molecular formula is C12H15BrN4. The number of nitrogens with one attached hydrogen (secondary N) is 1. The highest BCUT2D eigenvalue weighted by Crippen LogP contribution is 2.24. The van der Waals surface area contributed by atoms with Gasteiger partial charge in [0.2, 0.25) is 0 Å². The molecule has 0 saturated heterocycles. The van der Waals surface area contributed by atoms with Crippen LogP contribution < -0.4 is 5.32 Å². The SMILES string of the molecule is CNC(Cc1ccccn1)c1c(Br)cnn1C. The molecule has 0 aliphatic rings. The Bertz CT molecular complexity index is 461.